The number of halogens is 1. The molecule has 1 amide bonds. The molecule has 0 radical (unpaired) electrons. The van der Waals surface area contributed by atoms with E-state index in [2.05, 4.69) is 5.32 Å². The summed E-state index contributed by atoms with van der Waals surface area (Å²) in [5.74, 6) is -1.19. The monoisotopic (exact) mass is 398 g/mol. The zero-order chi connectivity index (χ0) is 20.0. The molecule has 0 aromatic heterocycles. The maximum atomic E-state index is 12.3. The first-order chi connectivity index (χ1) is 12.8. The number of rotatable bonds is 7. The molecule has 0 aliphatic carbocycles. The number of nitrogens with zero attached hydrogens (tertiary/aromatic N) is 3. The summed E-state index contributed by atoms with van der Waals surface area (Å²) in [6, 6.07) is 4.26. The molecule has 1 atom stereocenters. The van der Waals surface area contributed by atoms with Gasteiger partial charge in [-0.05, 0) is 45.0 Å². The first-order valence-corrected chi connectivity index (χ1v) is 9.02. The number of nitro groups is 1. The van der Waals surface area contributed by atoms with Gasteiger partial charge in [-0.3, -0.25) is 29.5 Å². The Morgan fingerprint density at radius 1 is 1.41 bits per heavy atom. The van der Waals surface area contributed by atoms with Crippen molar-refractivity contribution in [2.75, 3.05) is 38.5 Å². The lowest BCUT2D eigenvalue weighted by Crippen LogP contribution is -2.37. The molecule has 1 aromatic carbocycles. The topological polar surface area (TPSA) is 116 Å². The molecule has 0 spiro atoms. The average Bonchev–Trinajstić information content (AvgIpc) is 2.81. The van der Waals surface area contributed by atoms with Gasteiger partial charge in [-0.2, -0.15) is 0 Å². The van der Waals surface area contributed by atoms with Crippen LogP contribution in [0.1, 0.15) is 19.3 Å². The number of anilines is 1. The van der Waals surface area contributed by atoms with Crippen molar-refractivity contribution in [1.29, 1.82) is 0 Å². The van der Waals surface area contributed by atoms with Crippen molar-refractivity contribution in [1.82, 2.24) is 9.80 Å². The molecule has 1 fully saturated rings. The zero-order valence-corrected chi connectivity index (χ0v) is 15.8. The lowest BCUT2D eigenvalue weighted by Gasteiger charge is -2.25. The summed E-state index contributed by atoms with van der Waals surface area (Å²) in [6.07, 6.45) is 2.48. The number of likely N-dealkylation sites (N-methyl/N-ethyl adjacent to an activating group) is 1. The van der Waals surface area contributed by atoms with Crippen molar-refractivity contribution in [3.63, 3.8) is 0 Å². The van der Waals surface area contributed by atoms with E-state index in [-0.39, 0.29) is 41.4 Å². The van der Waals surface area contributed by atoms with Gasteiger partial charge < -0.3 is 10.4 Å². The molecule has 148 valence electrons. The Morgan fingerprint density at radius 3 is 2.81 bits per heavy atom. The number of benzene rings is 1. The van der Waals surface area contributed by atoms with Crippen LogP contribution in [0.5, 0.6) is 0 Å². The Morgan fingerprint density at radius 2 is 2.15 bits per heavy atom. The van der Waals surface area contributed by atoms with Crippen molar-refractivity contribution in [3.05, 3.63) is 33.3 Å². The summed E-state index contributed by atoms with van der Waals surface area (Å²) in [4.78, 5) is 37.5. The fourth-order valence-corrected chi connectivity index (χ4v) is 3.40. The fraction of sp³-hybridized carbons (Fsp3) is 0.529. The van der Waals surface area contributed by atoms with Gasteiger partial charge in [-0.25, -0.2) is 0 Å². The van der Waals surface area contributed by atoms with Crippen LogP contribution in [0.2, 0.25) is 5.02 Å². The van der Waals surface area contributed by atoms with Crippen molar-refractivity contribution in [2.45, 2.75) is 25.3 Å². The predicted octanol–water partition coefficient (Wildman–Crippen LogP) is 2.06. The van der Waals surface area contributed by atoms with Gasteiger partial charge in [0.05, 0.1) is 18.0 Å². The second-order valence-corrected chi connectivity index (χ2v) is 7.07. The minimum Gasteiger partial charge on any atom is -0.480 e. The highest BCUT2D eigenvalue weighted by Crippen LogP contribution is 2.27. The van der Waals surface area contributed by atoms with Crippen molar-refractivity contribution >= 4 is 34.9 Å². The summed E-state index contributed by atoms with van der Waals surface area (Å²) in [6.45, 7) is 1.48. The molecule has 1 saturated heterocycles. The summed E-state index contributed by atoms with van der Waals surface area (Å²) in [7, 11) is 1.79. The van der Waals surface area contributed by atoms with Crippen molar-refractivity contribution < 1.29 is 19.6 Å². The number of carbonyl (C=O) groups excluding carboxylic acids is 1. The molecule has 2 rings (SSSR count). The van der Waals surface area contributed by atoms with E-state index in [0.717, 1.165) is 19.3 Å². The Labute approximate surface area is 162 Å². The maximum Gasteiger partial charge on any atom is 0.317 e. The number of nitrogens with one attached hydrogen (secondary N) is 1. The van der Waals surface area contributed by atoms with Crippen LogP contribution in [0.15, 0.2) is 18.2 Å². The highest BCUT2D eigenvalue weighted by molar-refractivity contribution is 6.31. The third-order valence-corrected chi connectivity index (χ3v) is 4.83. The first kappa shape index (κ1) is 21.1. The Kier molecular flexibility index (Phi) is 7.52. The molecular weight excluding hydrogens is 376 g/mol. The standard InChI is InChI=1S/C17H23ClN4O5/c1-20(11-17(24)25)13-3-2-7-21(8-6-13)10-16(23)19-14-5-4-12(18)9-15(14)22(26)27/h4-5,9,13H,2-3,6-8,10-11H2,1H3,(H,19,23)(H,24,25). The third-order valence-electron chi connectivity index (χ3n) is 4.60. The van der Waals surface area contributed by atoms with Crippen LogP contribution < -0.4 is 5.32 Å². The van der Waals surface area contributed by atoms with Crippen LogP contribution in [0.4, 0.5) is 11.4 Å². The van der Waals surface area contributed by atoms with Gasteiger partial charge in [-0.1, -0.05) is 11.6 Å². The Balaban J connectivity index is 1.91. The van der Waals surface area contributed by atoms with Gasteiger partial charge in [0.25, 0.3) is 5.69 Å². The lowest BCUT2D eigenvalue weighted by atomic mass is 10.1. The van der Waals surface area contributed by atoms with Gasteiger partial charge in [0.2, 0.25) is 5.91 Å². The number of aliphatic carboxylic acids is 1. The second-order valence-electron chi connectivity index (χ2n) is 6.64. The van der Waals surface area contributed by atoms with Crippen LogP contribution in [0.3, 0.4) is 0 Å². The molecular formula is C17H23ClN4O5. The van der Waals surface area contributed by atoms with E-state index in [0.29, 0.717) is 13.1 Å². The molecule has 1 aliphatic heterocycles. The van der Waals surface area contributed by atoms with E-state index in [9.17, 15) is 19.7 Å². The van der Waals surface area contributed by atoms with Gasteiger partial charge in [0.1, 0.15) is 5.69 Å². The number of carboxylic acids is 1. The highest BCUT2D eigenvalue weighted by Gasteiger charge is 2.23. The summed E-state index contributed by atoms with van der Waals surface area (Å²) in [5.41, 5.74) is -0.134. The van der Waals surface area contributed by atoms with Crippen LogP contribution >= 0.6 is 11.6 Å². The smallest absolute Gasteiger partial charge is 0.317 e. The molecule has 1 aromatic rings. The summed E-state index contributed by atoms with van der Waals surface area (Å²) in [5, 5.41) is 22.8. The van der Waals surface area contributed by atoms with E-state index in [1.54, 1.807) is 7.05 Å². The van der Waals surface area contributed by atoms with E-state index in [1.165, 1.54) is 18.2 Å². The highest BCUT2D eigenvalue weighted by atomic mass is 35.5. The number of hydrogen-bond acceptors (Lipinski definition) is 6. The molecule has 1 heterocycles. The number of hydrogen-bond donors (Lipinski definition) is 2. The molecule has 0 bridgehead atoms. The van der Waals surface area contributed by atoms with Gasteiger partial charge in [-0.15, -0.1) is 0 Å². The minimum atomic E-state index is -0.859. The average molecular weight is 399 g/mol. The van der Waals surface area contributed by atoms with Crippen LogP contribution in [0.25, 0.3) is 0 Å². The Bertz CT molecular complexity index is 715. The predicted molar refractivity (Wildman–Crippen MR) is 101 cm³/mol. The third kappa shape index (κ3) is 6.46. The zero-order valence-electron chi connectivity index (χ0n) is 15.1. The van der Waals surface area contributed by atoms with E-state index >= 15 is 0 Å². The SMILES string of the molecule is CN(CC(=O)O)C1CCCN(CC(=O)Nc2ccc(Cl)cc2[N+](=O)[O-])CC1. The minimum absolute atomic E-state index is 0.00854. The molecule has 2 N–H and O–H groups in total. The number of nitro benzene ring substituents is 1. The largest absolute Gasteiger partial charge is 0.480 e. The normalized spacial score (nSPS) is 18.1. The van der Waals surface area contributed by atoms with Gasteiger partial charge in [0, 0.05) is 23.7 Å². The number of amides is 1. The van der Waals surface area contributed by atoms with Crippen LogP contribution in [0, 0.1) is 10.1 Å². The van der Waals surface area contributed by atoms with Crippen LogP contribution in [-0.4, -0.2) is 71.0 Å². The summed E-state index contributed by atoms with van der Waals surface area (Å²) < 4.78 is 0. The summed E-state index contributed by atoms with van der Waals surface area (Å²) >= 11 is 5.78. The van der Waals surface area contributed by atoms with Gasteiger partial charge in [0.15, 0.2) is 0 Å². The molecule has 9 nitrogen and oxygen atoms in total. The fourth-order valence-electron chi connectivity index (χ4n) is 3.23. The van der Waals surface area contributed by atoms with Crippen LogP contribution in [-0.2, 0) is 9.59 Å². The molecule has 27 heavy (non-hydrogen) atoms. The molecule has 10 heteroatoms. The van der Waals surface area contributed by atoms with Crippen molar-refractivity contribution in [3.8, 4) is 0 Å². The van der Waals surface area contributed by atoms with E-state index in [1.807, 2.05) is 9.80 Å². The number of carboxylic acid groups (broad SMARTS) is 1. The number of likely N-dealkylation sites (tertiary alicyclic amines) is 1. The number of carbonyl (C=O) groups is 2. The molecule has 1 unspecified atom stereocenters. The van der Waals surface area contributed by atoms with E-state index in [4.69, 9.17) is 16.7 Å². The second kappa shape index (κ2) is 9.63. The Hall–Kier alpha value is -2.23. The molecule has 0 saturated carbocycles. The first-order valence-electron chi connectivity index (χ1n) is 8.64. The molecule has 1 aliphatic rings. The van der Waals surface area contributed by atoms with E-state index < -0.39 is 10.9 Å². The van der Waals surface area contributed by atoms with Gasteiger partial charge >= 0.3 is 5.97 Å². The maximum absolute atomic E-state index is 12.3. The lowest BCUT2D eigenvalue weighted by molar-refractivity contribution is -0.383. The quantitative estimate of drug-likeness (QED) is 0.533. The van der Waals surface area contributed by atoms with Crippen molar-refractivity contribution in [2.24, 2.45) is 0 Å².